The smallest absolute Gasteiger partial charge is 0.263 e. The minimum atomic E-state index is -2.23. The third kappa shape index (κ3) is 19.3. The summed E-state index contributed by atoms with van der Waals surface area (Å²) in [6.45, 7) is 6.28. The summed E-state index contributed by atoms with van der Waals surface area (Å²) in [5.41, 5.74) is 39.6. The lowest BCUT2D eigenvalue weighted by Crippen LogP contribution is -2.23. The summed E-state index contributed by atoms with van der Waals surface area (Å²) in [7, 11) is -2.23. The lowest BCUT2D eigenvalue weighted by molar-refractivity contribution is 0.0947. The zero-order valence-electron chi connectivity index (χ0n) is 58.9. The lowest BCUT2D eigenvalue weighted by Gasteiger charge is -2.07. The average molecular weight is 1600 g/mol. The maximum Gasteiger partial charge on any atom is 0.263 e. The highest BCUT2D eigenvalue weighted by Crippen LogP contribution is 2.36. The number of nitrogens with one attached hydrogen (secondary N) is 5. The van der Waals surface area contributed by atoms with E-state index < -0.39 is 9.52 Å². The number of benzene rings is 5. The molecule has 1 atom stereocenters. The monoisotopic (exact) mass is 1600 g/mol. The number of halogens is 1. The van der Waals surface area contributed by atoms with E-state index in [1.807, 2.05) is 85.8 Å². The highest BCUT2D eigenvalue weighted by Gasteiger charge is 2.23. The molecule has 1 aliphatic rings. The minimum absolute atomic E-state index is 0. The number of fused-ring (bicyclic) bond motifs is 6. The fourth-order valence-electron chi connectivity index (χ4n) is 11.0. The van der Waals surface area contributed by atoms with Gasteiger partial charge in [0.15, 0.2) is 0 Å². The second-order valence-electron chi connectivity index (χ2n) is 24.6. The first-order chi connectivity index (χ1) is 53.1. The Kier molecular flexibility index (Phi) is 25.8. The predicted molar refractivity (Wildman–Crippen MR) is 442 cm³/mol. The number of aromatic nitrogens is 10. The predicted octanol–water partition coefficient (Wildman–Crippen LogP) is 12.0. The number of nitrogens with zero attached hydrogens (tertiary/aromatic N) is 10. The molecule has 566 valence electrons. The molecular formula is C77H73FN20O7S6. The number of thiophene rings is 5. The van der Waals surface area contributed by atoms with Crippen LogP contribution in [0.3, 0.4) is 0 Å². The molecule has 1 unspecified atom stereocenters. The lowest BCUT2D eigenvalue weighted by atomic mass is 10.1. The van der Waals surface area contributed by atoms with Gasteiger partial charge in [0.25, 0.3) is 29.5 Å². The number of hydrogen-bond donors (Lipinski definition) is 10. The van der Waals surface area contributed by atoms with Crippen molar-refractivity contribution in [3.05, 3.63) is 251 Å². The molecule has 0 fully saturated rings. The Hall–Kier alpha value is -12.6. The number of ether oxygens (including phenoxy) is 1. The van der Waals surface area contributed by atoms with Gasteiger partial charge in [-0.05, 0) is 111 Å². The first-order valence-electron chi connectivity index (χ1n) is 33.4. The maximum absolute atomic E-state index is 13.9. The van der Waals surface area contributed by atoms with Gasteiger partial charge in [0.05, 0.1) is 66.0 Å². The van der Waals surface area contributed by atoms with E-state index in [0.29, 0.717) is 125 Å². The Morgan fingerprint density at radius 3 is 1.16 bits per heavy atom. The van der Waals surface area contributed by atoms with Crippen molar-refractivity contribution in [3.63, 3.8) is 0 Å². The number of hydrogen-bond acceptors (Lipinski definition) is 27. The Morgan fingerprint density at radius 1 is 0.441 bits per heavy atom. The maximum atomic E-state index is 13.9. The Labute approximate surface area is 655 Å². The van der Waals surface area contributed by atoms with Gasteiger partial charge in [-0.25, -0.2) is 4.39 Å². The van der Waals surface area contributed by atoms with Gasteiger partial charge in [-0.1, -0.05) is 110 Å². The first kappa shape index (κ1) is 79.4. The number of nitrogens with two attached hydrogens (primary N) is 5. The molecule has 27 nitrogen and oxygen atoms in total. The molecule has 10 aromatic heterocycles. The van der Waals surface area contributed by atoms with Gasteiger partial charge in [0.1, 0.15) is 60.1 Å². The topological polar surface area (TPSA) is 431 Å². The fraction of sp³-hybridized carbons (Fsp3) is 0.143. The zero-order chi connectivity index (χ0) is 77.6. The normalized spacial score (nSPS) is 11.7. The van der Waals surface area contributed by atoms with Gasteiger partial charge in [-0.15, -0.1) is 82.2 Å². The minimum Gasteiger partial charge on any atom is -0.493 e. The van der Waals surface area contributed by atoms with E-state index in [1.165, 1.54) is 74.0 Å². The number of anilines is 5. The second-order valence-corrected chi connectivity index (χ2v) is 32.1. The summed E-state index contributed by atoms with van der Waals surface area (Å²) >= 11 is 6.16. The molecule has 15 aromatic rings. The van der Waals surface area contributed by atoms with Crippen LogP contribution in [0.2, 0.25) is 0 Å². The molecule has 5 amide bonds. The molecule has 111 heavy (non-hydrogen) atoms. The highest BCUT2D eigenvalue weighted by molar-refractivity contribution is 7.99. The molecule has 15 N–H and O–H groups in total. The van der Waals surface area contributed by atoms with Gasteiger partial charge in [-0.3, -0.25) is 28.2 Å². The molecule has 0 saturated carbocycles. The van der Waals surface area contributed by atoms with E-state index in [1.54, 1.807) is 98.6 Å². The molecule has 16 rings (SSSR count). The van der Waals surface area contributed by atoms with Crippen LogP contribution < -0.4 is 60.0 Å². The summed E-state index contributed by atoms with van der Waals surface area (Å²) in [4.78, 5) is 67.6. The van der Waals surface area contributed by atoms with Crippen LogP contribution in [0.1, 0.15) is 100 Å². The molecular weight excluding hydrogens is 1530 g/mol. The number of rotatable bonds is 16. The molecule has 0 aliphatic carbocycles. The molecule has 5 aromatic carbocycles. The van der Waals surface area contributed by atoms with E-state index in [4.69, 9.17) is 33.4 Å². The molecule has 0 bridgehead atoms. The SMILES string of the molecule is C.C=S(C)(=O)c1ccc(CNC(=O)c2sc3nnccc3c2N)cc1.Cc1cccc(CNC(=O)c2sc3nnccc3c2N)c1.Cc1cccc(CNC(=O)c2sc3nnccc3c2N)c1F.Nc1c(C(=O)NCc2ccc3c(c2)CCO3)sc2nnccc12.Nc1c(C(=O)NCc2ccccc2)sc2nnccc12. The van der Waals surface area contributed by atoms with E-state index in [0.717, 1.165) is 62.6 Å². The highest BCUT2D eigenvalue weighted by atomic mass is 32.2. The number of amides is 5. The summed E-state index contributed by atoms with van der Waals surface area (Å²) in [6, 6.07) is 44.7. The van der Waals surface area contributed by atoms with E-state index >= 15 is 0 Å². The van der Waals surface area contributed by atoms with Crippen molar-refractivity contribution >= 4 is 181 Å². The van der Waals surface area contributed by atoms with Crippen LogP contribution in [-0.4, -0.2) is 103 Å². The van der Waals surface area contributed by atoms with Gasteiger partial charge < -0.3 is 60.0 Å². The van der Waals surface area contributed by atoms with Crippen LogP contribution in [0.5, 0.6) is 5.75 Å². The van der Waals surface area contributed by atoms with E-state index in [2.05, 4.69) is 89.5 Å². The molecule has 0 spiro atoms. The fourth-order valence-corrected chi connectivity index (χ4v) is 16.5. The number of carbonyl (C=O) groups excluding carboxylic acids is 5. The van der Waals surface area contributed by atoms with Crippen molar-refractivity contribution in [2.75, 3.05) is 41.5 Å². The molecule has 0 saturated heterocycles. The van der Waals surface area contributed by atoms with Crippen molar-refractivity contribution < 1.29 is 37.3 Å². The van der Waals surface area contributed by atoms with Gasteiger partial charge in [-0.2, -0.15) is 25.5 Å². The first-order valence-corrected chi connectivity index (χ1v) is 39.7. The Bertz CT molecular complexity index is 6040. The number of carbonyl (C=O) groups is 5. The molecule has 11 heterocycles. The van der Waals surface area contributed by atoms with E-state index in [-0.39, 0.29) is 49.3 Å². The van der Waals surface area contributed by atoms with Crippen LogP contribution >= 0.6 is 56.7 Å². The van der Waals surface area contributed by atoms with Crippen molar-refractivity contribution in [3.8, 4) is 5.75 Å². The van der Waals surface area contributed by atoms with Crippen LogP contribution in [0.4, 0.5) is 32.8 Å². The molecule has 0 radical (unpaired) electrons. The number of nitrogen functional groups attached to an aromatic ring is 5. The van der Waals surface area contributed by atoms with Crippen LogP contribution in [0.15, 0.2) is 181 Å². The third-order valence-corrected chi connectivity index (χ3v) is 23.5. The van der Waals surface area contributed by atoms with Crippen LogP contribution in [0, 0.1) is 19.7 Å². The van der Waals surface area contributed by atoms with Crippen molar-refractivity contribution in [1.29, 1.82) is 0 Å². The second kappa shape index (κ2) is 36.1. The summed E-state index contributed by atoms with van der Waals surface area (Å²) < 4.78 is 31.3. The third-order valence-electron chi connectivity index (χ3n) is 16.8. The quantitative estimate of drug-likeness (QED) is 0.0402. The zero-order valence-corrected chi connectivity index (χ0v) is 63.8. The standard InChI is InChI=1S/C16H16N4O2S2.C16H14N4O2S.C15H13FN4OS.C15H14N4OS.C14H12N4OS.CH4/c1-24(2,22)11-5-3-10(4-6-11)9-18-15(21)14-13(17)12-7-8-19-20-16(12)23-14;17-13-11-3-5-19-20-16(11)23-14(13)15(21)18-8-9-1-2-12-10(7-9)4-6-22-12;1-8-3-2-4-9(11(8)16)7-18-14(21)13-12(17)10-5-6-19-20-15(10)22-13;1-9-3-2-4-10(7-9)8-17-14(20)13-12(16)11-5-6-18-19-15(11)21-13;15-11-10-6-7-17-18-14(10)20-12(11)13(19)16-8-9-4-2-1-3-5-9;/h3-8H,1,9,17H2,2H3,(H,18,21);1-3,5,7H,4,6,8,17H2,(H,18,21);2-6H,7,17H2,1H3,(H,18,21);2-7H,8,16H2,1H3,(H,17,20);1-7H,8,15H2,(H,16,19);1H4. The number of aryl methyl sites for hydroxylation is 2. The summed E-state index contributed by atoms with van der Waals surface area (Å²) in [5, 5.41) is 56.8. The molecule has 34 heteroatoms. The van der Waals surface area contributed by atoms with Gasteiger partial charge in [0.2, 0.25) is 0 Å². The van der Waals surface area contributed by atoms with Crippen molar-refractivity contribution in [1.82, 2.24) is 77.6 Å². The average Bonchev–Trinajstić information content (AvgIpc) is 1.68. The summed E-state index contributed by atoms with van der Waals surface area (Å²) in [5.74, 6) is 3.12. The van der Waals surface area contributed by atoms with Crippen molar-refractivity contribution in [2.45, 2.75) is 65.3 Å². The van der Waals surface area contributed by atoms with Crippen molar-refractivity contribution in [2.24, 2.45) is 0 Å². The largest absolute Gasteiger partial charge is 0.493 e. The van der Waals surface area contributed by atoms with Crippen LogP contribution in [0.25, 0.3) is 51.1 Å². The van der Waals surface area contributed by atoms with E-state index in [9.17, 15) is 32.6 Å². The van der Waals surface area contributed by atoms with Gasteiger partial charge >= 0.3 is 0 Å². The Morgan fingerprint density at radius 2 is 0.784 bits per heavy atom. The Balaban J connectivity index is 0.000000137. The molecule has 1 aliphatic heterocycles. The summed E-state index contributed by atoms with van der Waals surface area (Å²) in [6.07, 6.45) is 10.3. The van der Waals surface area contributed by atoms with Gasteiger partial charge in [0, 0.05) is 82.8 Å². The van der Waals surface area contributed by atoms with Crippen LogP contribution in [-0.2, 0) is 48.7 Å².